The summed E-state index contributed by atoms with van der Waals surface area (Å²) < 4.78 is 0. The molecule has 1 heterocycles. The van der Waals surface area contributed by atoms with Crippen LogP contribution in [0.15, 0.2) is 23.0 Å². The molecule has 80 valence electrons. The van der Waals surface area contributed by atoms with Gasteiger partial charge >= 0.3 is 5.69 Å². The van der Waals surface area contributed by atoms with E-state index in [1.165, 1.54) is 0 Å². The molecule has 1 aromatic carbocycles. The van der Waals surface area contributed by atoms with E-state index in [1.807, 2.05) is 18.2 Å². The molecule has 0 saturated heterocycles. The van der Waals surface area contributed by atoms with E-state index >= 15 is 0 Å². The van der Waals surface area contributed by atoms with Crippen molar-refractivity contribution in [3.8, 4) is 0 Å². The zero-order valence-corrected chi connectivity index (χ0v) is 9.27. The summed E-state index contributed by atoms with van der Waals surface area (Å²) in [6.07, 6.45) is 2.00. The Kier molecular flexibility index (Phi) is 2.82. The Hall–Kier alpha value is -1.22. The van der Waals surface area contributed by atoms with E-state index in [9.17, 15) is 4.79 Å². The molecule has 0 saturated carbocycles. The molecule has 1 atom stereocenters. The highest BCUT2D eigenvalue weighted by Gasteiger charge is 2.08. The van der Waals surface area contributed by atoms with Gasteiger partial charge in [-0.05, 0) is 24.1 Å². The van der Waals surface area contributed by atoms with Gasteiger partial charge in [0, 0.05) is 0 Å². The molecule has 0 fully saturated rings. The summed E-state index contributed by atoms with van der Waals surface area (Å²) in [6.45, 7) is 2.10. The van der Waals surface area contributed by atoms with Gasteiger partial charge < -0.3 is 9.97 Å². The number of H-pyrrole nitrogens is 2. The van der Waals surface area contributed by atoms with E-state index in [0.717, 1.165) is 29.4 Å². The molecule has 3 nitrogen and oxygen atoms in total. The van der Waals surface area contributed by atoms with Crippen LogP contribution in [0.3, 0.4) is 0 Å². The first kappa shape index (κ1) is 10.3. The molecule has 1 aromatic heterocycles. The van der Waals surface area contributed by atoms with Crippen molar-refractivity contribution in [3.05, 3.63) is 34.2 Å². The van der Waals surface area contributed by atoms with Gasteiger partial charge in [0.15, 0.2) is 0 Å². The molecular formula is C11H13ClN2O. The Bertz CT molecular complexity index is 515. The van der Waals surface area contributed by atoms with Crippen molar-refractivity contribution in [1.29, 1.82) is 0 Å². The van der Waals surface area contributed by atoms with Gasteiger partial charge in [0.2, 0.25) is 0 Å². The van der Waals surface area contributed by atoms with Crippen LogP contribution in [0.2, 0.25) is 0 Å². The zero-order valence-electron chi connectivity index (χ0n) is 8.51. The van der Waals surface area contributed by atoms with E-state index in [-0.39, 0.29) is 11.1 Å². The summed E-state index contributed by atoms with van der Waals surface area (Å²) >= 11 is 6.21. The molecule has 0 amide bonds. The van der Waals surface area contributed by atoms with E-state index < -0.39 is 0 Å². The number of hydrogen-bond acceptors (Lipinski definition) is 1. The maximum absolute atomic E-state index is 11.1. The Morgan fingerprint density at radius 1 is 1.33 bits per heavy atom. The average molecular weight is 225 g/mol. The molecule has 4 heteroatoms. The van der Waals surface area contributed by atoms with Crippen LogP contribution in [-0.4, -0.2) is 9.97 Å². The lowest BCUT2D eigenvalue weighted by Gasteiger charge is -2.07. The van der Waals surface area contributed by atoms with Crippen LogP contribution in [0.5, 0.6) is 0 Å². The van der Waals surface area contributed by atoms with Crippen LogP contribution < -0.4 is 5.69 Å². The predicted octanol–water partition coefficient (Wildman–Crippen LogP) is 2.94. The molecular weight excluding hydrogens is 212 g/mol. The van der Waals surface area contributed by atoms with Gasteiger partial charge in [-0.25, -0.2) is 4.79 Å². The van der Waals surface area contributed by atoms with Crippen molar-refractivity contribution in [2.24, 2.45) is 0 Å². The first-order valence-corrected chi connectivity index (χ1v) is 5.50. The summed E-state index contributed by atoms with van der Waals surface area (Å²) in [5.41, 5.74) is 2.52. The van der Waals surface area contributed by atoms with Crippen molar-refractivity contribution < 1.29 is 0 Å². The number of rotatable bonds is 3. The molecule has 2 aromatic rings. The largest absolute Gasteiger partial charge is 0.323 e. The maximum Gasteiger partial charge on any atom is 0.323 e. The van der Waals surface area contributed by atoms with E-state index in [4.69, 9.17) is 11.6 Å². The monoisotopic (exact) mass is 224 g/mol. The van der Waals surface area contributed by atoms with Crippen molar-refractivity contribution in [1.82, 2.24) is 9.97 Å². The minimum absolute atomic E-state index is 0.0257. The summed E-state index contributed by atoms with van der Waals surface area (Å²) in [5.74, 6) is 0. The van der Waals surface area contributed by atoms with Crippen LogP contribution in [0.4, 0.5) is 0 Å². The number of nitrogens with one attached hydrogen (secondary N) is 2. The molecule has 0 aliphatic rings. The summed E-state index contributed by atoms with van der Waals surface area (Å²) in [5, 5.41) is 0.0257. The van der Waals surface area contributed by atoms with Gasteiger partial charge in [-0.3, -0.25) is 0 Å². The van der Waals surface area contributed by atoms with Gasteiger partial charge in [-0.15, -0.1) is 11.6 Å². The Balaban J connectivity index is 2.41. The molecule has 0 aliphatic carbocycles. The Morgan fingerprint density at radius 3 is 2.80 bits per heavy atom. The number of imidazole rings is 1. The Labute approximate surface area is 92.5 Å². The maximum atomic E-state index is 11.1. The molecule has 15 heavy (non-hydrogen) atoms. The number of aromatic amines is 2. The number of benzene rings is 1. The first-order chi connectivity index (χ1) is 7.20. The number of halogens is 1. The van der Waals surface area contributed by atoms with Crippen LogP contribution in [0.1, 0.15) is 30.7 Å². The van der Waals surface area contributed by atoms with E-state index in [1.54, 1.807) is 0 Å². The lowest BCUT2D eigenvalue weighted by molar-refractivity contribution is 0.771. The minimum Gasteiger partial charge on any atom is -0.306 e. The lowest BCUT2D eigenvalue weighted by atomic mass is 10.1. The molecule has 0 aliphatic heterocycles. The number of aromatic nitrogens is 2. The highest BCUT2D eigenvalue weighted by Crippen LogP contribution is 2.26. The molecule has 0 radical (unpaired) electrons. The van der Waals surface area contributed by atoms with Crippen molar-refractivity contribution >= 4 is 22.6 Å². The highest BCUT2D eigenvalue weighted by atomic mass is 35.5. The molecule has 0 bridgehead atoms. The van der Waals surface area contributed by atoms with E-state index in [0.29, 0.717) is 0 Å². The fourth-order valence-corrected chi connectivity index (χ4v) is 2.02. The van der Waals surface area contributed by atoms with Crippen LogP contribution in [0, 0.1) is 0 Å². The third kappa shape index (κ3) is 2.07. The van der Waals surface area contributed by atoms with Crippen molar-refractivity contribution in [3.63, 3.8) is 0 Å². The van der Waals surface area contributed by atoms with Crippen molar-refractivity contribution in [2.75, 3.05) is 0 Å². The van der Waals surface area contributed by atoms with E-state index in [2.05, 4.69) is 16.9 Å². The van der Waals surface area contributed by atoms with Gasteiger partial charge in [-0.1, -0.05) is 19.4 Å². The average Bonchev–Trinajstić information content (AvgIpc) is 2.57. The van der Waals surface area contributed by atoms with Gasteiger partial charge in [-0.2, -0.15) is 0 Å². The summed E-state index contributed by atoms with van der Waals surface area (Å²) in [6, 6.07) is 5.77. The third-order valence-electron chi connectivity index (χ3n) is 2.44. The fraction of sp³-hybridized carbons (Fsp3) is 0.364. The number of hydrogen-bond donors (Lipinski definition) is 2. The minimum atomic E-state index is -0.177. The second-order valence-electron chi connectivity index (χ2n) is 3.64. The first-order valence-electron chi connectivity index (χ1n) is 5.06. The highest BCUT2D eigenvalue weighted by molar-refractivity contribution is 6.20. The van der Waals surface area contributed by atoms with Crippen LogP contribution >= 0.6 is 11.6 Å². The second-order valence-corrected chi connectivity index (χ2v) is 4.17. The molecule has 2 rings (SSSR count). The van der Waals surface area contributed by atoms with Gasteiger partial charge in [0.25, 0.3) is 0 Å². The quantitative estimate of drug-likeness (QED) is 0.774. The standard InChI is InChI=1S/C11H13ClN2O/c1-2-3-8(12)7-4-5-9-10(6-7)14-11(15)13-9/h4-6,8H,2-3H2,1H3,(H2,13,14,15). The molecule has 1 unspecified atom stereocenters. The fourth-order valence-electron chi connectivity index (χ4n) is 1.67. The zero-order chi connectivity index (χ0) is 10.8. The molecule has 0 spiro atoms. The van der Waals surface area contributed by atoms with Crippen LogP contribution in [0.25, 0.3) is 11.0 Å². The molecule has 2 N–H and O–H groups in total. The predicted molar refractivity (Wildman–Crippen MR) is 62.4 cm³/mol. The van der Waals surface area contributed by atoms with Crippen LogP contribution in [-0.2, 0) is 0 Å². The number of alkyl halides is 1. The lowest BCUT2D eigenvalue weighted by Crippen LogP contribution is -1.99. The topological polar surface area (TPSA) is 48.6 Å². The van der Waals surface area contributed by atoms with Gasteiger partial charge in [0.1, 0.15) is 0 Å². The third-order valence-corrected chi connectivity index (χ3v) is 2.91. The smallest absolute Gasteiger partial charge is 0.306 e. The Morgan fingerprint density at radius 2 is 2.07 bits per heavy atom. The SMILES string of the molecule is CCCC(Cl)c1ccc2[nH]c(=O)[nH]c2c1. The summed E-state index contributed by atoms with van der Waals surface area (Å²) in [7, 11) is 0. The van der Waals surface area contributed by atoms with Gasteiger partial charge in [0.05, 0.1) is 16.4 Å². The number of fused-ring (bicyclic) bond motifs is 1. The van der Waals surface area contributed by atoms with Crippen molar-refractivity contribution in [2.45, 2.75) is 25.1 Å². The normalized spacial score (nSPS) is 13.2. The summed E-state index contributed by atoms with van der Waals surface area (Å²) in [4.78, 5) is 16.5. The second kappa shape index (κ2) is 4.11.